The summed E-state index contributed by atoms with van der Waals surface area (Å²) in [5, 5.41) is 0. The van der Waals surface area contributed by atoms with Gasteiger partial charge < -0.3 is 0 Å². The van der Waals surface area contributed by atoms with Gasteiger partial charge in [0.05, 0.1) is 0 Å². The molecule has 0 spiro atoms. The van der Waals surface area contributed by atoms with Gasteiger partial charge in [-0.1, -0.05) is 0 Å². The van der Waals surface area contributed by atoms with Gasteiger partial charge >= 0.3 is 238 Å². The molecule has 0 amide bonds. The molecule has 180 valence electrons. The van der Waals surface area contributed by atoms with Gasteiger partial charge in [0.2, 0.25) is 0 Å². The zero-order chi connectivity index (χ0) is 25.4. The molecule has 0 aliphatic heterocycles. The fourth-order valence-corrected chi connectivity index (χ4v) is 14.8. The molecule has 1 heteroatoms. The summed E-state index contributed by atoms with van der Waals surface area (Å²) < 4.78 is 0.533. The van der Waals surface area contributed by atoms with Crippen LogP contribution in [0, 0.1) is 0 Å². The first-order valence-corrected chi connectivity index (χ1v) is 17.2. The van der Waals surface area contributed by atoms with Gasteiger partial charge in [-0.05, 0) is 0 Å². The summed E-state index contributed by atoms with van der Waals surface area (Å²) in [6.45, 7) is 0. The maximum atomic E-state index is 2.51. The van der Waals surface area contributed by atoms with Gasteiger partial charge in [0.15, 0.2) is 0 Å². The van der Waals surface area contributed by atoms with E-state index in [4.69, 9.17) is 0 Å². The number of fused-ring (bicyclic) bond motifs is 2. The van der Waals surface area contributed by atoms with Crippen molar-refractivity contribution in [2.45, 2.75) is 13.3 Å². The normalized spacial score (nSPS) is 19.3. The fraction of sp³-hybridized carbons (Fsp3) is 0.0811. The Morgan fingerprint density at radius 1 is 0.526 bits per heavy atom. The van der Waals surface area contributed by atoms with Crippen molar-refractivity contribution >= 4 is 23.3 Å². The quantitative estimate of drug-likeness (QED) is 0.161. The number of hydrogen-bond acceptors (Lipinski definition) is 0. The van der Waals surface area contributed by atoms with E-state index in [9.17, 15) is 0 Å². The number of allylic oxidation sites excluding steroid dienone is 2. The van der Waals surface area contributed by atoms with Crippen LogP contribution >= 0.6 is 0 Å². The summed E-state index contributed by atoms with van der Waals surface area (Å²) in [6, 6.07) is 51.8. The zero-order valence-corrected chi connectivity index (χ0v) is 24.8. The van der Waals surface area contributed by atoms with Crippen LogP contribution in [0.5, 0.6) is 0 Å². The second kappa shape index (κ2) is 9.97. The Kier molecular flexibility index (Phi) is 6.18. The first-order valence-electron chi connectivity index (χ1n) is 13.4. The molecule has 2 aliphatic rings. The van der Waals surface area contributed by atoms with Crippen LogP contribution in [0.1, 0.15) is 42.6 Å². The van der Waals surface area contributed by atoms with Crippen LogP contribution in [0.4, 0.5) is 0 Å². The molecule has 0 saturated heterocycles. The Morgan fingerprint density at radius 3 is 1.84 bits per heavy atom. The van der Waals surface area contributed by atoms with Gasteiger partial charge in [0, 0.05) is 0 Å². The van der Waals surface area contributed by atoms with Crippen LogP contribution < -0.4 is 0 Å². The molecule has 0 radical (unpaired) electrons. The molecule has 38 heavy (non-hydrogen) atoms. The molecule has 0 aromatic heterocycles. The van der Waals surface area contributed by atoms with Crippen molar-refractivity contribution in [1.82, 2.24) is 0 Å². The van der Waals surface area contributed by atoms with Crippen molar-refractivity contribution in [2.75, 3.05) is 0 Å². The molecule has 5 aromatic carbocycles. The average molecular weight is 651 g/mol. The summed E-state index contributed by atoms with van der Waals surface area (Å²) >= 11 is -1.56. The second-order valence-corrected chi connectivity index (χ2v) is 16.4. The molecule has 5 aromatic rings. The first kappa shape index (κ1) is 23.6. The standard InChI is InChI=1S/C22H17.C15H11.Hf/c1-3-9-17(10-4-1)15-22-20-14-8-7-13-19(20)16-21(22)18-11-5-2-6-12-18;1-2-6-12(7-3-1)15-10-13-8-4-5-9-14(13)11-15;/h1-14,16H,15H2;1-11H;. The Labute approximate surface area is 236 Å². The van der Waals surface area contributed by atoms with Gasteiger partial charge in [0.25, 0.3) is 0 Å². The van der Waals surface area contributed by atoms with E-state index in [1.807, 2.05) is 0 Å². The summed E-state index contributed by atoms with van der Waals surface area (Å²) in [5.41, 5.74) is 13.0. The van der Waals surface area contributed by atoms with E-state index in [2.05, 4.69) is 152 Å². The average Bonchev–Trinajstić information content (AvgIpc) is 3.51. The van der Waals surface area contributed by atoms with Crippen LogP contribution in [-0.2, 0) is 32.5 Å². The van der Waals surface area contributed by atoms with Crippen LogP contribution in [0.3, 0.4) is 0 Å². The van der Waals surface area contributed by atoms with Crippen molar-refractivity contribution in [3.63, 3.8) is 0 Å². The molecular formula is C37H28Hf. The van der Waals surface area contributed by atoms with Crippen molar-refractivity contribution in [3.05, 3.63) is 178 Å². The fourth-order valence-electron chi connectivity index (χ4n) is 6.29. The second-order valence-electron chi connectivity index (χ2n) is 10.3. The van der Waals surface area contributed by atoms with Gasteiger partial charge in [-0.3, -0.25) is 0 Å². The Balaban J connectivity index is 1.44. The molecule has 2 atom stereocenters. The SMILES string of the molecule is C1=C(c2ccccc2)[CH]([Hf][C]2(Cc3ccccc3)C(c3ccccc3)=Cc3ccccc32)c2ccccc21. The minimum absolute atomic E-state index is 0.0370. The summed E-state index contributed by atoms with van der Waals surface area (Å²) in [4.78, 5) is 0. The monoisotopic (exact) mass is 652 g/mol. The molecule has 0 bridgehead atoms. The van der Waals surface area contributed by atoms with Gasteiger partial charge in [-0.15, -0.1) is 0 Å². The maximum absolute atomic E-state index is 2.51. The molecule has 0 N–H and O–H groups in total. The Bertz CT molecular complexity index is 1650. The summed E-state index contributed by atoms with van der Waals surface area (Å²) in [7, 11) is 0. The van der Waals surface area contributed by atoms with E-state index in [0.717, 1.165) is 6.42 Å². The van der Waals surface area contributed by atoms with E-state index in [1.54, 1.807) is 0 Å². The first-order chi connectivity index (χ1) is 18.8. The summed E-state index contributed by atoms with van der Waals surface area (Å²) in [5.74, 6) is 0. The molecule has 0 nitrogen and oxygen atoms in total. The third-order valence-electron chi connectivity index (χ3n) is 8.00. The molecule has 0 heterocycles. The number of hydrogen-bond donors (Lipinski definition) is 0. The summed E-state index contributed by atoms with van der Waals surface area (Å²) in [6.07, 6.45) is 6.04. The van der Waals surface area contributed by atoms with Gasteiger partial charge in [0.1, 0.15) is 0 Å². The Hall–Kier alpha value is -3.55. The van der Waals surface area contributed by atoms with E-state index in [-0.39, 0.29) is 3.17 Å². The predicted octanol–water partition coefficient (Wildman–Crippen LogP) is 9.06. The molecule has 7 rings (SSSR count). The van der Waals surface area contributed by atoms with Crippen LogP contribution in [0.25, 0.3) is 23.3 Å². The van der Waals surface area contributed by atoms with Crippen molar-refractivity contribution in [3.8, 4) is 0 Å². The third kappa shape index (κ3) is 4.10. The van der Waals surface area contributed by atoms with E-state index >= 15 is 0 Å². The van der Waals surface area contributed by atoms with Crippen molar-refractivity contribution in [1.29, 1.82) is 0 Å². The molecule has 2 aliphatic carbocycles. The topological polar surface area (TPSA) is 0 Å². The van der Waals surface area contributed by atoms with E-state index in [0.29, 0.717) is 3.67 Å². The van der Waals surface area contributed by atoms with Gasteiger partial charge in [-0.2, -0.15) is 0 Å². The van der Waals surface area contributed by atoms with Crippen LogP contribution in [0.15, 0.2) is 140 Å². The molecule has 0 fully saturated rings. The molecular weight excluding hydrogens is 623 g/mol. The van der Waals surface area contributed by atoms with Crippen LogP contribution in [-0.4, -0.2) is 0 Å². The van der Waals surface area contributed by atoms with Crippen molar-refractivity contribution < 1.29 is 22.9 Å². The van der Waals surface area contributed by atoms with Gasteiger partial charge in [-0.25, -0.2) is 0 Å². The van der Waals surface area contributed by atoms with Crippen molar-refractivity contribution in [2.24, 2.45) is 0 Å². The minimum atomic E-state index is -1.56. The van der Waals surface area contributed by atoms with E-state index in [1.165, 1.54) is 50.1 Å². The molecule has 2 unspecified atom stereocenters. The predicted molar refractivity (Wildman–Crippen MR) is 156 cm³/mol. The number of rotatable bonds is 6. The third-order valence-corrected chi connectivity index (χ3v) is 15.6. The zero-order valence-electron chi connectivity index (χ0n) is 21.2. The van der Waals surface area contributed by atoms with Crippen LogP contribution in [0.2, 0.25) is 0 Å². The number of benzene rings is 5. The Morgan fingerprint density at radius 2 is 1.11 bits per heavy atom. The van der Waals surface area contributed by atoms with E-state index < -0.39 is 22.9 Å². The molecule has 0 saturated carbocycles.